The molecule has 0 spiro atoms. The molecule has 5 heteroatoms. The zero-order chi connectivity index (χ0) is 17.4. The Balaban J connectivity index is 2.19. The molecule has 1 aromatic heterocycles. The molecule has 0 saturated heterocycles. The standard InChI is InChI=1S/C19H18N2O2S/c1-10-6-11(2)8-14(7-10)24-18-15-9-13(12(3)22)4-5-16(15)21-17(18)19(20)23/h4-9,21H,1-3H3,(H2,20,23). The fraction of sp³-hybridized carbons (Fsp3) is 0.158. The van der Waals surface area contributed by atoms with Crippen LogP contribution in [0.4, 0.5) is 0 Å². The Kier molecular flexibility index (Phi) is 4.20. The highest BCUT2D eigenvalue weighted by molar-refractivity contribution is 7.99. The summed E-state index contributed by atoms with van der Waals surface area (Å²) in [6, 6.07) is 11.6. The van der Waals surface area contributed by atoms with Gasteiger partial charge in [-0.3, -0.25) is 9.59 Å². The van der Waals surface area contributed by atoms with E-state index in [-0.39, 0.29) is 5.78 Å². The molecule has 4 nitrogen and oxygen atoms in total. The minimum absolute atomic E-state index is 0.0129. The molecule has 0 fully saturated rings. The van der Waals surface area contributed by atoms with Gasteiger partial charge in [0.05, 0.1) is 4.90 Å². The van der Waals surface area contributed by atoms with Crippen LogP contribution in [0, 0.1) is 13.8 Å². The number of carbonyl (C=O) groups is 2. The fourth-order valence-corrected chi connectivity index (χ4v) is 4.03. The van der Waals surface area contributed by atoms with Crippen LogP contribution in [-0.2, 0) is 0 Å². The molecular weight excluding hydrogens is 320 g/mol. The summed E-state index contributed by atoms with van der Waals surface area (Å²) < 4.78 is 0. The van der Waals surface area contributed by atoms with Crippen LogP contribution in [0.15, 0.2) is 46.2 Å². The molecule has 122 valence electrons. The highest BCUT2D eigenvalue weighted by atomic mass is 32.2. The quantitative estimate of drug-likeness (QED) is 0.699. The number of rotatable bonds is 4. The van der Waals surface area contributed by atoms with Crippen molar-refractivity contribution in [1.82, 2.24) is 4.98 Å². The largest absolute Gasteiger partial charge is 0.364 e. The van der Waals surface area contributed by atoms with Crippen molar-refractivity contribution < 1.29 is 9.59 Å². The van der Waals surface area contributed by atoms with Crippen molar-refractivity contribution in [3.8, 4) is 0 Å². The summed E-state index contributed by atoms with van der Waals surface area (Å²) in [6.45, 7) is 5.60. The smallest absolute Gasteiger partial charge is 0.266 e. The van der Waals surface area contributed by atoms with E-state index in [0.717, 1.165) is 31.8 Å². The van der Waals surface area contributed by atoms with E-state index in [1.165, 1.54) is 18.7 Å². The maximum Gasteiger partial charge on any atom is 0.266 e. The van der Waals surface area contributed by atoms with Gasteiger partial charge in [0.2, 0.25) is 0 Å². The summed E-state index contributed by atoms with van der Waals surface area (Å²) in [5, 5.41) is 0.834. The SMILES string of the molecule is CC(=O)c1ccc2[nH]c(C(N)=O)c(Sc3cc(C)cc(C)c3)c2c1. The van der Waals surface area contributed by atoms with Crippen LogP contribution in [0.25, 0.3) is 10.9 Å². The molecule has 1 amide bonds. The van der Waals surface area contributed by atoms with Gasteiger partial charge in [0.15, 0.2) is 5.78 Å². The first-order chi connectivity index (χ1) is 11.3. The first-order valence-electron chi connectivity index (χ1n) is 7.58. The highest BCUT2D eigenvalue weighted by Gasteiger charge is 2.18. The third-order valence-corrected chi connectivity index (χ3v) is 4.92. The van der Waals surface area contributed by atoms with E-state index in [1.807, 2.05) is 26.0 Å². The predicted molar refractivity (Wildman–Crippen MR) is 96.9 cm³/mol. The van der Waals surface area contributed by atoms with Gasteiger partial charge < -0.3 is 10.7 Å². The van der Waals surface area contributed by atoms with Crippen LogP contribution in [-0.4, -0.2) is 16.7 Å². The van der Waals surface area contributed by atoms with Gasteiger partial charge in [-0.25, -0.2) is 0 Å². The van der Waals surface area contributed by atoms with Gasteiger partial charge in [-0.05, 0) is 62.2 Å². The van der Waals surface area contributed by atoms with Gasteiger partial charge in [0.25, 0.3) is 5.91 Å². The number of Topliss-reactive ketones (excluding diaryl/α,β-unsaturated/α-hetero) is 1. The topological polar surface area (TPSA) is 75.9 Å². The number of nitrogens with two attached hydrogens (primary N) is 1. The summed E-state index contributed by atoms with van der Waals surface area (Å²) in [5.41, 5.74) is 9.62. The van der Waals surface area contributed by atoms with Crippen LogP contribution in [0.2, 0.25) is 0 Å². The lowest BCUT2D eigenvalue weighted by atomic mass is 10.1. The Morgan fingerprint density at radius 1 is 1.04 bits per heavy atom. The number of carbonyl (C=O) groups excluding carboxylic acids is 2. The summed E-state index contributed by atoms with van der Waals surface area (Å²) in [5.74, 6) is -0.525. The van der Waals surface area contributed by atoms with Crippen molar-refractivity contribution in [3.05, 3.63) is 58.8 Å². The van der Waals surface area contributed by atoms with Crippen molar-refractivity contribution in [2.24, 2.45) is 5.73 Å². The van der Waals surface area contributed by atoms with Gasteiger partial charge in [0, 0.05) is 21.4 Å². The van der Waals surface area contributed by atoms with Gasteiger partial charge in [0.1, 0.15) is 5.69 Å². The number of aromatic nitrogens is 1. The second-order valence-corrected chi connectivity index (χ2v) is 7.02. The van der Waals surface area contributed by atoms with E-state index in [0.29, 0.717) is 11.3 Å². The maximum absolute atomic E-state index is 11.8. The molecule has 0 bridgehead atoms. The number of hydrogen-bond donors (Lipinski definition) is 2. The van der Waals surface area contributed by atoms with Gasteiger partial charge in [-0.1, -0.05) is 17.8 Å². The molecule has 1 heterocycles. The van der Waals surface area contributed by atoms with Gasteiger partial charge >= 0.3 is 0 Å². The fourth-order valence-electron chi connectivity index (χ4n) is 2.78. The van der Waals surface area contributed by atoms with Crippen molar-refractivity contribution in [2.75, 3.05) is 0 Å². The Bertz CT molecular complexity index is 953. The molecule has 3 aromatic rings. The predicted octanol–water partition coefficient (Wildman–Crippen LogP) is 4.24. The second kappa shape index (κ2) is 6.17. The lowest BCUT2D eigenvalue weighted by Gasteiger charge is -2.06. The number of nitrogens with one attached hydrogen (secondary N) is 1. The van der Waals surface area contributed by atoms with Crippen molar-refractivity contribution >= 4 is 34.4 Å². The van der Waals surface area contributed by atoms with Crippen LogP contribution >= 0.6 is 11.8 Å². The van der Waals surface area contributed by atoms with Crippen molar-refractivity contribution in [1.29, 1.82) is 0 Å². The highest BCUT2D eigenvalue weighted by Crippen LogP contribution is 2.37. The van der Waals surface area contributed by atoms with E-state index in [1.54, 1.807) is 6.07 Å². The number of hydrogen-bond acceptors (Lipinski definition) is 3. The first-order valence-corrected chi connectivity index (χ1v) is 8.39. The van der Waals surface area contributed by atoms with E-state index >= 15 is 0 Å². The molecule has 3 rings (SSSR count). The average molecular weight is 338 g/mol. The number of ketones is 1. The molecule has 0 saturated carbocycles. The number of H-pyrrole nitrogens is 1. The minimum atomic E-state index is -0.512. The number of amides is 1. The third-order valence-electron chi connectivity index (χ3n) is 3.82. The molecule has 0 aliphatic carbocycles. The van der Waals surface area contributed by atoms with E-state index < -0.39 is 5.91 Å². The number of aromatic amines is 1. The molecule has 0 unspecified atom stereocenters. The minimum Gasteiger partial charge on any atom is -0.364 e. The zero-order valence-electron chi connectivity index (χ0n) is 13.8. The Morgan fingerprint density at radius 2 is 1.71 bits per heavy atom. The Hall–Kier alpha value is -2.53. The van der Waals surface area contributed by atoms with Crippen LogP contribution in [0.1, 0.15) is 38.9 Å². The second-order valence-electron chi connectivity index (χ2n) is 5.94. The first kappa shape index (κ1) is 16.3. The summed E-state index contributed by atoms with van der Waals surface area (Å²) in [4.78, 5) is 28.4. The van der Waals surface area contributed by atoms with E-state index in [2.05, 4.69) is 23.2 Å². The lowest BCUT2D eigenvalue weighted by molar-refractivity contribution is 0.0991. The summed E-state index contributed by atoms with van der Waals surface area (Å²) in [6.07, 6.45) is 0. The molecular formula is C19H18N2O2S. The normalized spacial score (nSPS) is 11.0. The lowest BCUT2D eigenvalue weighted by Crippen LogP contribution is -2.12. The van der Waals surface area contributed by atoms with Gasteiger partial charge in [-0.2, -0.15) is 0 Å². The number of fused-ring (bicyclic) bond motifs is 1. The molecule has 0 aliphatic rings. The Morgan fingerprint density at radius 3 is 2.29 bits per heavy atom. The van der Waals surface area contributed by atoms with Crippen molar-refractivity contribution in [3.63, 3.8) is 0 Å². The average Bonchev–Trinajstić information content (AvgIpc) is 2.84. The number of aryl methyl sites for hydroxylation is 2. The van der Waals surface area contributed by atoms with E-state index in [9.17, 15) is 9.59 Å². The maximum atomic E-state index is 11.8. The zero-order valence-corrected chi connectivity index (χ0v) is 14.6. The Labute approximate surface area is 144 Å². The third kappa shape index (κ3) is 3.08. The molecule has 2 aromatic carbocycles. The number of benzene rings is 2. The monoisotopic (exact) mass is 338 g/mol. The summed E-state index contributed by atoms with van der Waals surface area (Å²) >= 11 is 1.48. The van der Waals surface area contributed by atoms with E-state index in [4.69, 9.17) is 5.73 Å². The van der Waals surface area contributed by atoms with Crippen molar-refractivity contribution in [2.45, 2.75) is 30.6 Å². The number of primary amides is 1. The molecule has 0 radical (unpaired) electrons. The van der Waals surface area contributed by atoms with Crippen LogP contribution in [0.5, 0.6) is 0 Å². The van der Waals surface area contributed by atoms with Crippen LogP contribution < -0.4 is 5.73 Å². The molecule has 3 N–H and O–H groups in total. The van der Waals surface area contributed by atoms with Crippen LogP contribution in [0.3, 0.4) is 0 Å². The van der Waals surface area contributed by atoms with Gasteiger partial charge in [-0.15, -0.1) is 0 Å². The molecule has 24 heavy (non-hydrogen) atoms. The summed E-state index contributed by atoms with van der Waals surface area (Å²) in [7, 11) is 0. The molecule has 0 aliphatic heterocycles. The molecule has 0 atom stereocenters.